The number of nitro groups is 1. The first-order valence-electron chi connectivity index (χ1n) is 9.84. The normalized spacial score (nSPS) is 17.2. The van der Waals surface area contributed by atoms with Crippen LogP contribution in [0.25, 0.3) is 0 Å². The minimum atomic E-state index is -0.454. The van der Waals surface area contributed by atoms with Crippen molar-refractivity contribution in [2.45, 2.75) is 51.7 Å². The van der Waals surface area contributed by atoms with Gasteiger partial charge in [0.15, 0.2) is 0 Å². The van der Waals surface area contributed by atoms with Gasteiger partial charge in [-0.1, -0.05) is 48.9 Å². The van der Waals surface area contributed by atoms with Crippen molar-refractivity contribution < 1.29 is 9.72 Å². The smallest absolute Gasteiger partial charge is 0.273 e. The molecule has 1 amide bonds. The zero-order valence-electron chi connectivity index (χ0n) is 16.3. The molecule has 1 aliphatic heterocycles. The van der Waals surface area contributed by atoms with Gasteiger partial charge in [0.1, 0.15) is 0 Å². The Balaban J connectivity index is 1.51. The number of nitro benzene ring substituents is 1. The van der Waals surface area contributed by atoms with E-state index in [-0.39, 0.29) is 18.0 Å². The summed E-state index contributed by atoms with van der Waals surface area (Å²) in [4.78, 5) is 25.3. The fourth-order valence-electron chi connectivity index (χ4n) is 3.66. The van der Waals surface area contributed by atoms with Crippen LogP contribution in [0.5, 0.6) is 0 Å². The molecule has 2 aromatic rings. The number of carbonyl (C=O) groups is 1. The summed E-state index contributed by atoms with van der Waals surface area (Å²) in [6, 6.07) is 15.3. The average molecular weight is 381 g/mol. The van der Waals surface area contributed by atoms with Crippen molar-refractivity contribution >= 4 is 11.6 Å². The number of likely N-dealkylation sites (tertiary alicyclic amines) is 1. The second-order valence-electron chi connectivity index (χ2n) is 7.47. The molecule has 1 heterocycles. The highest BCUT2D eigenvalue weighted by atomic mass is 16.6. The molecule has 1 fully saturated rings. The predicted molar refractivity (Wildman–Crippen MR) is 109 cm³/mol. The summed E-state index contributed by atoms with van der Waals surface area (Å²) in [5, 5.41) is 13.9. The van der Waals surface area contributed by atoms with Gasteiger partial charge in [-0.2, -0.15) is 0 Å². The lowest BCUT2D eigenvalue weighted by Gasteiger charge is -2.33. The molecule has 0 radical (unpaired) electrons. The Morgan fingerprint density at radius 3 is 2.57 bits per heavy atom. The second kappa shape index (κ2) is 9.46. The molecule has 28 heavy (non-hydrogen) atoms. The van der Waals surface area contributed by atoms with E-state index in [9.17, 15) is 14.9 Å². The molecular formula is C22H27N3O3. The fraction of sp³-hybridized carbons (Fsp3) is 0.409. The molecule has 3 rings (SSSR count). The predicted octanol–water partition coefficient (Wildman–Crippen LogP) is 3.83. The van der Waals surface area contributed by atoms with Gasteiger partial charge in [0.25, 0.3) is 5.69 Å². The molecule has 0 bridgehead atoms. The van der Waals surface area contributed by atoms with E-state index in [1.165, 1.54) is 30.9 Å². The first kappa shape index (κ1) is 20.0. The number of amides is 1. The lowest BCUT2D eigenvalue weighted by Crippen LogP contribution is -2.36. The van der Waals surface area contributed by atoms with Gasteiger partial charge in [0.2, 0.25) is 5.91 Å². The Bertz CT molecular complexity index is 820. The molecule has 0 unspecified atom stereocenters. The third kappa shape index (κ3) is 5.39. The Labute approximate surface area is 165 Å². The minimum Gasteiger partial charge on any atom is -0.352 e. The van der Waals surface area contributed by atoms with Crippen molar-refractivity contribution in [2.75, 3.05) is 6.54 Å². The van der Waals surface area contributed by atoms with Crippen LogP contribution >= 0.6 is 0 Å². The number of para-hydroxylation sites is 1. The van der Waals surface area contributed by atoms with Gasteiger partial charge in [0, 0.05) is 30.8 Å². The van der Waals surface area contributed by atoms with Gasteiger partial charge in [0.05, 0.1) is 11.3 Å². The zero-order chi connectivity index (χ0) is 19.9. The van der Waals surface area contributed by atoms with Crippen molar-refractivity contribution in [3.8, 4) is 0 Å². The maximum Gasteiger partial charge on any atom is 0.273 e. The molecule has 6 heteroatoms. The first-order valence-corrected chi connectivity index (χ1v) is 9.84. The Morgan fingerprint density at radius 2 is 1.86 bits per heavy atom. The highest BCUT2D eigenvalue weighted by Gasteiger charge is 2.18. The number of rotatable bonds is 7. The van der Waals surface area contributed by atoms with Crippen molar-refractivity contribution in [2.24, 2.45) is 0 Å². The Kier molecular flexibility index (Phi) is 6.76. The Morgan fingerprint density at radius 1 is 1.14 bits per heavy atom. The lowest BCUT2D eigenvalue weighted by atomic mass is 10.0. The van der Waals surface area contributed by atoms with Gasteiger partial charge in [-0.3, -0.25) is 19.8 Å². The largest absolute Gasteiger partial charge is 0.352 e. The summed E-state index contributed by atoms with van der Waals surface area (Å²) < 4.78 is 0. The number of hydrogen-bond acceptors (Lipinski definition) is 4. The third-order valence-electron chi connectivity index (χ3n) is 5.38. The molecule has 0 aromatic heterocycles. The van der Waals surface area contributed by atoms with E-state index >= 15 is 0 Å². The summed E-state index contributed by atoms with van der Waals surface area (Å²) in [5.74, 6) is -0.222. The molecular weight excluding hydrogens is 354 g/mol. The minimum absolute atomic E-state index is 0.00207. The van der Waals surface area contributed by atoms with E-state index < -0.39 is 4.92 Å². The van der Waals surface area contributed by atoms with Crippen molar-refractivity contribution in [1.29, 1.82) is 0 Å². The number of carbonyl (C=O) groups excluding carboxylic acids is 1. The molecule has 0 saturated carbocycles. The molecule has 1 N–H and O–H groups in total. The van der Waals surface area contributed by atoms with Gasteiger partial charge in [-0.15, -0.1) is 0 Å². The summed E-state index contributed by atoms with van der Waals surface area (Å²) in [6.45, 7) is 4.83. The maximum atomic E-state index is 12.2. The molecule has 6 nitrogen and oxygen atoms in total. The standard InChI is InChI=1S/C22H27N3O3/c1-17-6-4-5-13-24(17)16-19-11-9-18(10-12-19)15-23-22(26)14-20-7-2-3-8-21(20)25(27)28/h2-3,7-12,17H,4-6,13-16H2,1H3,(H,23,26)/t17-/m1/s1. The molecule has 2 aromatic carbocycles. The second-order valence-corrected chi connectivity index (χ2v) is 7.47. The number of hydrogen-bond donors (Lipinski definition) is 1. The molecule has 0 spiro atoms. The van der Waals surface area contributed by atoms with Gasteiger partial charge >= 0.3 is 0 Å². The fourth-order valence-corrected chi connectivity index (χ4v) is 3.66. The van der Waals surface area contributed by atoms with Crippen LogP contribution in [0.15, 0.2) is 48.5 Å². The molecule has 0 aliphatic carbocycles. The highest BCUT2D eigenvalue weighted by Crippen LogP contribution is 2.20. The average Bonchev–Trinajstić information content (AvgIpc) is 2.69. The van der Waals surface area contributed by atoms with Gasteiger partial charge in [-0.05, 0) is 37.4 Å². The van der Waals surface area contributed by atoms with Gasteiger partial charge in [-0.25, -0.2) is 0 Å². The molecule has 1 saturated heterocycles. The summed E-state index contributed by atoms with van der Waals surface area (Å²) in [5.41, 5.74) is 2.71. The SMILES string of the molecule is C[C@@H]1CCCCN1Cc1ccc(CNC(=O)Cc2ccccc2[N+](=O)[O-])cc1. The van der Waals surface area contributed by atoms with Crippen LogP contribution in [0, 0.1) is 10.1 Å². The van der Waals surface area contributed by atoms with E-state index in [0.29, 0.717) is 18.2 Å². The quantitative estimate of drug-likeness (QED) is 0.584. The monoisotopic (exact) mass is 381 g/mol. The van der Waals surface area contributed by atoms with E-state index in [1.807, 2.05) is 12.1 Å². The van der Waals surface area contributed by atoms with Crippen molar-refractivity contribution in [3.63, 3.8) is 0 Å². The van der Waals surface area contributed by atoms with Crippen LogP contribution in [0.2, 0.25) is 0 Å². The number of nitrogens with one attached hydrogen (secondary N) is 1. The Hall–Kier alpha value is -2.73. The van der Waals surface area contributed by atoms with Crippen LogP contribution in [0.4, 0.5) is 5.69 Å². The zero-order valence-corrected chi connectivity index (χ0v) is 16.3. The van der Waals surface area contributed by atoms with Crippen molar-refractivity contribution in [1.82, 2.24) is 10.2 Å². The maximum absolute atomic E-state index is 12.2. The number of nitrogens with zero attached hydrogens (tertiary/aromatic N) is 2. The summed E-state index contributed by atoms with van der Waals surface area (Å²) in [6.07, 6.45) is 3.86. The van der Waals surface area contributed by atoms with Crippen LogP contribution in [0.1, 0.15) is 42.9 Å². The van der Waals surface area contributed by atoms with Crippen LogP contribution in [0.3, 0.4) is 0 Å². The third-order valence-corrected chi connectivity index (χ3v) is 5.38. The molecule has 1 atom stereocenters. The van der Waals surface area contributed by atoms with E-state index in [0.717, 1.165) is 18.7 Å². The molecule has 148 valence electrons. The first-order chi connectivity index (χ1) is 13.5. The van der Waals surface area contributed by atoms with Crippen LogP contribution in [-0.2, 0) is 24.3 Å². The number of piperidine rings is 1. The van der Waals surface area contributed by atoms with E-state index in [4.69, 9.17) is 0 Å². The number of benzene rings is 2. The molecule has 1 aliphatic rings. The highest BCUT2D eigenvalue weighted by molar-refractivity contribution is 5.79. The lowest BCUT2D eigenvalue weighted by molar-refractivity contribution is -0.385. The van der Waals surface area contributed by atoms with Crippen LogP contribution in [-0.4, -0.2) is 28.3 Å². The van der Waals surface area contributed by atoms with Crippen molar-refractivity contribution in [3.05, 3.63) is 75.3 Å². The van der Waals surface area contributed by atoms with E-state index in [2.05, 4.69) is 29.3 Å². The summed E-state index contributed by atoms with van der Waals surface area (Å²) in [7, 11) is 0. The summed E-state index contributed by atoms with van der Waals surface area (Å²) >= 11 is 0. The van der Waals surface area contributed by atoms with E-state index in [1.54, 1.807) is 18.2 Å². The topological polar surface area (TPSA) is 75.5 Å². The van der Waals surface area contributed by atoms with Crippen LogP contribution < -0.4 is 5.32 Å². The van der Waals surface area contributed by atoms with Gasteiger partial charge < -0.3 is 5.32 Å².